The number of morpholine rings is 1. The average molecular weight is 208 g/mol. The van der Waals surface area contributed by atoms with Gasteiger partial charge in [0.2, 0.25) is 0 Å². The highest BCUT2D eigenvalue weighted by molar-refractivity contribution is 5.06. The molecule has 0 aliphatic carbocycles. The third-order valence-corrected chi connectivity index (χ3v) is 2.30. The van der Waals surface area contributed by atoms with Crippen LogP contribution in [0.4, 0.5) is 0 Å². The molecule has 1 unspecified atom stereocenters. The molecular weight excluding hydrogens is 192 g/mol. The Labute approximate surface area is 89.6 Å². The average Bonchev–Trinajstić information content (AvgIpc) is 2.32. The van der Waals surface area contributed by atoms with Gasteiger partial charge in [0.1, 0.15) is 0 Å². The molecule has 0 spiro atoms. The SMILES string of the molecule is c1cncc(COCC2CNCCO2)c1. The lowest BCUT2D eigenvalue weighted by atomic mass is 10.3. The molecule has 1 atom stereocenters. The predicted molar refractivity (Wildman–Crippen MR) is 56.5 cm³/mol. The van der Waals surface area contributed by atoms with Crippen LogP contribution in [0.2, 0.25) is 0 Å². The molecule has 82 valence electrons. The number of ether oxygens (including phenoxy) is 2. The Hall–Kier alpha value is -0.970. The Morgan fingerprint density at radius 2 is 2.60 bits per heavy atom. The quantitative estimate of drug-likeness (QED) is 0.786. The van der Waals surface area contributed by atoms with Gasteiger partial charge in [0, 0.05) is 25.5 Å². The van der Waals surface area contributed by atoms with Gasteiger partial charge in [0.05, 0.1) is 25.9 Å². The molecule has 0 radical (unpaired) electrons. The smallest absolute Gasteiger partial charge is 0.0933 e. The molecule has 2 rings (SSSR count). The maximum atomic E-state index is 5.55. The Balaban J connectivity index is 1.66. The fraction of sp³-hybridized carbons (Fsp3) is 0.545. The number of hydrogen-bond donors (Lipinski definition) is 1. The van der Waals surface area contributed by atoms with E-state index < -0.39 is 0 Å². The molecule has 1 aliphatic heterocycles. The zero-order valence-corrected chi connectivity index (χ0v) is 8.69. The van der Waals surface area contributed by atoms with Gasteiger partial charge in [-0.2, -0.15) is 0 Å². The minimum atomic E-state index is 0.190. The topological polar surface area (TPSA) is 43.4 Å². The zero-order valence-electron chi connectivity index (χ0n) is 8.69. The Morgan fingerprint density at radius 1 is 1.60 bits per heavy atom. The van der Waals surface area contributed by atoms with E-state index in [0.717, 1.165) is 25.3 Å². The number of aromatic nitrogens is 1. The second kappa shape index (κ2) is 5.80. The standard InChI is InChI=1S/C11H16N2O2/c1-2-10(6-12-3-1)8-14-9-11-7-13-4-5-15-11/h1-3,6,11,13H,4-5,7-9H2. The molecule has 0 bridgehead atoms. The summed E-state index contributed by atoms with van der Waals surface area (Å²) in [5.74, 6) is 0. The second-order valence-corrected chi connectivity index (χ2v) is 3.57. The molecule has 1 fully saturated rings. The van der Waals surface area contributed by atoms with Crippen LogP contribution in [-0.4, -0.2) is 37.4 Å². The molecule has 1 saturated heterocycles. The van der Waals surface area contributed by atoms with Gasteiger partial charge in [0.15, 0.2) is 0 Å². The molecule has 4 nitrogen and oxygen atoms in total. The third-order valence-electron chi connectivity index (χ3n) is 2.30. The van der Waals surface area contributed by atoms with E-state index in [1.807, 2.05) is 18.3 Å². The molecule has 2 heterocycles. The van der Waals surface area contributed by atoms with Crippen molar-refractivity contribution in [2.75, 3.05) is 26.3 Å². The van der Waals surface area contributed by atoms with Crippen molar-refractivity contribution < 1.29 is 9.47 Å². The maximum absolute atomic E-state index is 5.55. The fourth-order valence-electron chi connectivity index (χ4n) is 1.52. The van der Waals surface area contributed by atoms with Gasteiger partial charge in [0.25, 0.3) is 0 Å². The van der Waals surface area contributed by atoms with Crippen molar-refractivity contribution in [3.63, 3.8) is 0 Å². The number of hydrogen-bond acceptors (Lipinski definition) is 4. The number of pyridine rings is 1. The van der Waals surface area contributed by atoms with Crippen LogP contribution in [0.15, 0.2) is 24.5 Å². The van der Waals surface area contributed by atoms with Crippen molar-refractivity contribution in [1.82, 2.24) is 10.3 Å². The van der Waals surface area contributed by atoms with Crippen LogP contribution in [-0.2, 0) is 16.1 Å². The molecule has 0 amide bonds. The monoisotopic (exact) mass is 208 g/mol. The normalized spacial score (nSPS) is 21.5. The largest absolute Gasteiger partial charge is 0.374 e. The Bertz CT molecular complexity index is 273. The van der Waals surface area contributed by atoms with Crippen LogP contribution in [0.1, 0.15) is 5.56 Å². The first kappa shape index (κ1) is 10.5. The Morgan fingerprint density at radius 3 is 3.33 bits per heavy atom. The molecular formula is C11H16N2O2. The maximum Gasteiger partial charge on any atom is 0.0933 e. The highest BCUT2D eigenvalue weighted by Gasteiger charge is 2.12. The number of nitrogens with one attached hydrogen (secondary N) is 1. The van der Waals surface area contributed by atoms with Crippen molar-refractivity contribution in [3.05, 3.63) is 30.1 Å². The van der Waals surface area contributed by atoms with E-state index in [-0.39, 0.29) is 6.10 Å². The molecule has 4 heteroatoms. The summed E-state index contributed by atoms with van der Waals surface area (Å²) >= 11 is 0. The van der Waals surface area contributed by atoms with Crippen molar-refractivity contribution in [2.45, 2.75) is 12.7 Å². The highest BCUT2D eigenvalue weighted by atomic mass is 16.5. The van der Waals surface area contributed by atoms with Crippen molar-refractivity contribution >= 4 is 0 Å². The molecule has 0 saturated carbocycles. The number of nitrogens with zero attached hydrogens (tertiary/aromatic N) is 1. The van der Waals surface area contributed by atoms with E-state index in [1.165, 1.54) is 0 Å². The van der Waals surface area contributed by atoms with Crippen LogP contribution in [0.5, 0.6) is 0 Å². The summed E-state index contributed by atoms with van der Waals surface area (Å²) in [6, 6.07) is 3.92. The first-order valence-corrected chi connectivity index (χ1v) is 5.24. The second-order valence-electron chi connectivity index (χ2n) is 3.57. The van der Waals surface area contributed by atoms with Gasteiger partial charge < -0.3 is 14.8 Å². The minimum Gasteiger partial charge on any atom is -0.374 e. The Kier molecular flexibility index (Phi) is 4.08. The lowest BCUT2D eigenvalue weighted by Gasteiger charge is -2.23. The summed E-state index contributed by atoms with van der Waals surface area (Å²) in [4.78, 5) is 4.03. The molecule has 0 aromatic carbocycles. The summed E-state index contributed by atoms with van der Waals surface area (Å²) in [5.41, 5.74) is 1.10. The predicted octanol–water partition coefficient (Wildman–Crippen LogP) is 0.587. The van der Waals surface area contributed by atoms with Gasteiger partial charge >= 0.3 is 0 Å². The van der Waals surface area contributed by atoms with Gasteiger partial charge in [-0.3, -0.25) is 4.98 Å². The van der Waals surface area contributed by atoms with E-state index >= 15 is 0 Å². The minimum absolute atomic E-state index is 0.190. The van der Waals surface area contributed by atoms with E-state index in [4.69, 9.17) is 9.47 Å². The molecule has 1 N–H and O–H groups in total. The van der Waals surface area contributed by atoms with E-state index in [1.54, 1.807) is 6.20 Å². The molecule has 15 heavy (non-hydrogen) atoms. The van der Waals surface area contributed by atoms with E-state index in [0.29, 0.717) is 13.2 Å². The molecule has 1 aromatic rings. The zero-order chi connectivity index (χ0) is 10.3. The number of rotatable bonds is 4. The van der Waals surface area contributed by atoms with Crippen LogP contribution >= 0.6 is 0 Å². The fourth-order valence-corrected chi connectivity index (χ4v) is 1.52. The van der Waals surface area contributed by atoms with Gasteiger partial charge in [-0.1, -0.05) is 6.07 Å². The van der Waals surface area contributed by atoms with Crippen LogP contribution < -0.4 is 5.32 Å². The molecule has 1 aromatic heterocycles. The van der Waals surface area contributed by atoms with Crippen molar-refractivity contribution in [1.29, 1.82) is 0 Å². The van der Waals surface area contributed by atoms with Crippen molar-refractivity contribution in [3.8, 4) is 0 Å². The summed E-state index contributed by atoms with van der Waals surface area (Å²) < 4.78 is 11.1. The first-order chi connectivity index (χ1) is 7.45. The lowest BCUT2D eigenvalue weighted by molar-refractivity contribution is -0.0358. The van der Waals surface area contributed by atoms with Gasteiger partial charge in [-0.05, 0) is 11.6 Å². The first-order valence-electron chi connectivity index (χ1n) is 5.24. The summed E-state index contributed by atoms with van der Waals surface area (Å²) in [6.07, 6.45) is 3.77. The van der Waals surface area contributed by atoms with Crippen molar-refractivity contribution in [2.24, 2.45) is 0 Å². The summed E-state index contributed by atoms with van der Waals surface area (Å²) in [6.45, 7) is 3.85. The molecule has 1 aliphatic rings. The third kappa shape index (κ3) is 3.58. The highest BCUT2D eigenvalue weighted by Crippen LogP contribution is 2.01. The van der Waals surface area contributed by atoms with Gasteiger partial charge in [-0.25, -0.2) is 0 Å². The lowest BCUT2D eigenvalue weighted by Crippen LogP contribution is -2.40. The van der Waals surface area contributed by atoms with Gasteiger partial charge in [-0.15, -0.1) is 0 Å². The summed E-state index contributed by atoms with van der Waals surface area (Å²) in [5, 5.41) is 3.27. The van der Waals surface area contributed by atoms with E-state index in [2.05, 4.69) is 10.3 Å². The van der Waals surface area contributed by atoms with E-state index in [9.17, 15) is 0 Å². The van der Waals surface area contributed by atoms with Crippen LogP contribution in [0.25, 0.3) is 0 Å². The van der Waals surface area contributed by atoms with Crippen LogP contribution in [0, 0.1) is 0 Å². The van der Waals surface area contributed by atoms with Crippen LogP contribution in [0.3, 0.4) is 0 Å². The summed E-state index contributed by atoms with van der Waals surface area (Å²) in [7, 11) is 0.